The molecule has 6 heteroatoms. The molecule has 1 amide bonds. The Labute approximate surface area is 119 Å². The zero-order valence-electron chi connectivity index (χ0n) is 11.1. The summed E-state index contributed by atoms with van der Waals surface area (Å²) in [6.07, 6.45) is 0. The van der Waals surface area contributed by atoms with E-state index in [-0.39, 0.29) is 5.91 Å². The second kappa shape index (κ2) is 4.28. The first-order chi connectivity index (χ1) is 9.41. The second-order valence-electron chi connectivity index (χ2n) is 5.59. The van der Waals surface area contributed by atoms with Crippen molar-refractivity contribution < 1.29 is 14.7 Å². The molecule has 0 aliphatic heterocycles. The van der Waals surface area contributed by atoms with E-state index in [1.165, 1.54) is 11.3 Å². The van der Waals surface area contributed by atoms with Gasteiger partial charge in [0.05, 0.1) is 22.1 Å². The fourth-order valence-electron chi connectivity index (χ4n) is 2.70. The number of aliphatic carboxylic acids is 1. The minimum absolute atomic E-state index is 0.263. The van der Waals surface area contributed by atoms with Gasteiger partial charge in [0.15, 0.2) is 5.13 Å². The van der Waals surface area contributed by atoms with Crippen molar-refractivity contribution in [2.24, 2.45) is 17.3 Å². The maximum atomic E-state index is 12.2. The topological polar surface area (TPSA) is 79.3 Å². The Bertz CT molecular complexity index is 674. The molecule has 0 bridgehead atoms. The van der Waals surface area contributed by atoms with Gasteiger partial charge in [-0.2, -0.15) is 0 Å². The van der Waals surface area contributed by atoms with E-state index in [2.05, 4.69) is 10.3 Å². The smallest absolute Gasteiger partial charge is 0.307 e. The average molecular weight is 290 g/mol. The number of fused-ring (bicyclic) bond motifs is 1. The molecule has 1 heterocycles. The maximum absolute atomic E-state index is 12.2. The number of carboxylic acid groups (broad SMARTS) is 1. The third-order valence-electron chi connectivity index (χ3n) is 3.90. The highest BCUT2D eigenvalue weighted by Crippen LogP contribution is 2.58. The molecule has 1 aliphatic rings. The molecule has 1 saturated carbocycles. The van der Waals surface area contributed by atoms with Crippen LogP contribution in [-0.2, 0) is 9.59 Å². The van der Waals surface area contributed by atoms with E-state index in [4.69, 9.17) is 5.11 Å². The summed E-state index contributed by atoms with van der Waals surface area (Å²) >= 11 is 1.39. The van der Waals surface area contributed by atoms with E-state index in [9.17, 15) is 9.59 Å². The molecule has 0 saturated heterocycles. The van der Waals surface area contributed by atoms with Crippen LogP contribution < -0.4 is 5.32 Å². The van der Waals surface area contributed by atoms with Crippen molar-refractivity contribution in [3.8, 4) is 0 Å². The fraction of sp³-hybridized carbons (Fsp3) is 0.357. The number of amides is 1. The predicted molar refractivity (Wildman–Crippen MR) is 76.6 cm³/mol. The monoisotopic (exact) mass is 290 g/mol. The zero-order chi connectivity index (χ0) is 14.5. The van der Waals surface area contributed by atoms with Crippen molar-refractivity contribution in [2.75, 3.05) is 5.32 Å². The summed E-state index contributed by atoms with van der Waals surface area (Å²) in [6, 6.07) is 7.61. The van der Waals surface area contributed by atoms with E-state index >= 15 is 0 Å². The standard InChI is InChI=1S/C14H14N2O3S/c1-14(2)9(10(14)12(18)19)11(17)16-13-15-7-5-3-4-6-8(7)20-13/h3-6,9-10H,1-2H3,(H,18,19)(H,15,16,17)/t9-,10-/m1/s1. The van der Waals surface area contributed by atoms with Crippen LogP contribution in [0.3, 0.4) is 0 Å². The van der Waals surface area contributed by atoms with Gasteiger partial charge in [-0.1, -0.05) is 37.3 Å². The molecule has 2 aromatic rings. The summed E-state index contributed by atoms with van der Waals surface area (Å²) in [5.74, 6) is -2.29. The molecule has 5 nitrogen and oxygen atoms in total. The quantitative estimate of drug-likeness (QED) is 0.910. The number of nitrogens with one attached hydrogen (secondary N) is 1. The van der Waals surface area contributed by atoms with Gasteiger partial charge < -0.3 is 10.4 Å². The lowest BCUT2D eigenvalue weighted by Crippen LogP contribution is -2.17. The number of anilines is 1. The van der Waals surface area contributed by atoms with Gasteiger partial charge in [0.25, 0.3) is 0 Å². The lowest BCUT2D eigenvalue weighted by atomic mass is 10.1. The Hall–Kier alpha value is -1.95. The van der Waals surface area contributed by atoms with Gasteiger partial charge in [0, 0.05) is 0 Å². The van der Waals surface area contributed by atoms with Crippen LogP contribution in [0.2, 0.25) is 0 Å². The molecule has 104 valence electrons. The molecule has 3 rings (SSSR count). The summed E-state index contributed by atoms with van der Waals surface area (Å²) < 4.78 is 0.993. The number of carboxylic acids is 1. The minimum atomic E-state index is -0.917. The van der Waals surface area contributed by atoms with Crippen LogP contribution in [-0.4, -0.2) is 22.0 Å². The third kappa shape index (κ3) is 1.96. The molecule has 1 aromatic heterocycles. The number of benzene rings is 1. The van der Waals surface area contributed by atoms with Crippen molar-refractivity contribution in [1.82, 2.24) is 4.98 Å². The van der Waals surface area contributed by atoms with Crippen molar-refractivity contribution in [2.45, 2.75) is 13.8 Å². The van der Waals surface area contributed by atoms with Crippen LogP contribution >= 0.6 is 11.3 Å². The lowest BCUT2D eigenvalue weighted by molar-refractivity contribution is -0.140. The fourth-order valence-corrected chi connectivity index (χ4v) is 3.57. The van der Waals surface area contributed by atoms with Crippen molar-refractivity contribution in [1.29, 1.82) is 0 Å². The molecule has 2 atom stereocenters. The van der Waals surface area contributed by atoms with E-state index in [0.717, 1.165) is 10.2 Å². The molecule has 2 N–H and O–H groups in total. The Morgan fingerprint density at radius 1 is 1.30 bits per heavy atom. The van der Waals surface area contributed by atoms with E-state index in [1.807, 2.05) is 24.3 Å². The van der Waals surface area contributed by atoms with Gasteiger partial charge in [-0.25, -0.2) is 4.98 Å². The number of rotatable bonds is 3. The Morgan fingerprint density at radius 2 is 2.00 bits per heavy atom. The number of carbonyl (C=O) groups is 2. The van der Waals surface area contributed by atoms with Crippen molar-refractivity contribution >= 4 is 38.6 Å². The Kier molecular flexibility index (Phi) is 2.79. The van der Waals surface area contributed by atoms with Crippen molar-refractivity contribution in [3.63, 3.8) is 0 Å². The molecule has 0 unspecified atom stereocenters. The Morgan fingerprint density at radius 3 is 2.60 bits per heavy atom. The highest BCUT2D eigenvalue weighted by molar-refractivity contribution is 7.22. The number of hydrogen-bond donors (Lipinski definition) is 2. The normalized spacial score (nSPS) is 23.5. The predicted octanol–water partition coefficient (Wildman–Crippen LogP) is 2.59. The lowest BCUT2D eigenvalue weighted by Gasteiger charge is -2.02. The number of thiazole rings is 1. The largest absolute Gasteiger partial charge is 0.481 e. The molecule has 0 radical (unpaired) electrons. The molecule has 1 aliphatic carbocycles. The molecule has 0 spiro atoms. The van der Waals surface area contributed by atoms with E-state index < -0.39 is 23.2 Å². The number of nitrogens with zero attached hydrogens (tertiary/aromatic N) is 1. The van der Waals surface area contributed by atoms with E-state index in [0.29, 0.717) is 5.13 Å². The first-order valence-electron chi connectivity index (χ1n) is 6.30. The Balaban J connectivity index is 1.78. The molecule has 1 fully saturated rings. The van der Waals surface area contributed by atoms with Crippen LogP contribution in [0.4, 0.5) is 5.13 Å². The van der Waals surface area contributed by atoms with Crippen LogP contribution in [0, 0.1) is 17.3 Å². The minimum Gasteiger partial charge on any atom is -0.481 e. The molecule has 1 aromatic carbocycles. The molecular weight excluding hydrogens is 276 g/mol. The van der Waals surface area contributed by atoms with Gasteiger partial charge in [-0.3, -0.25) is 9.59 Å². The first kappa shape index (κ1) is 13.1. The summed E-state index contributed by atoms with van der Waals surface area (Å²) in [5.41, 5.74) is 0.338. The van der Waals surface area contributed by atoms with Gasteiger partial charge in [0.1, 0.15) is 0 Å². The molecule has 20 heavy (non-hydrogen) atoms. The maximum Gasteiger partial charge on any atom is 0.307 e. The highest BCUT2D eigenvalue weighted by atomic mass is 32.1. The van der Waals surface area contributed by atoms with E-state index in [1.54, 1.807) is 13.8 Å². The van der Waals surface area contributed by atoms with Crippen LogP contribution in [0.25, 0.3) is 10.2 Å². The summed E-state index contributed by atoms with van der Waals surface area (Å²) in [5, 5.41) is 12.4. The van der Waals surface area contributed by atoms with Crippen LogP contribution in [0.1, 0.15) is 13.8 Å². The molecular formula is C14H14N2O3S. The number of para-hydroxylation sites is 1. The van der Waals surface area contributed by atoms with Crippen LogP contribution in [0.5, 0.6) is 0 Å². The summed E-state index contributed by atoms with van der Waals surface area (Å²) in [7, 11) is 0. The summed E-state index contributed by atoms with van der Waals surface area (Å²) in [6.45, 7) is 3.60. The SMILES string of the molecule is CC1(C)[C@@H](C(=O)O)[C@@H]1C(=O)Nc1nc2ccccc2s1. The number of hydrogen-bond acceptors (Lipinski definition) is 4. The van der Waals surface area contributed by atoms with Gasteiger partial charge >= 0.3 is 5.97 Å². The third-order valence-corrected chi connectivity index (χ3v) is 4.85. The average Bonchev–Trinajstić information content (AvgIpc) is 2.76. The van der Waals surface area contributed by atoms with Crippen LogP contribution in [0.15, 0.2) is 24.3 Å². The van der Waals surface area contributed by atoms with Crippen molar-refractivity contribution in [3.05, 3.63) is 24.3 Å². The number of aromatic nitrogens is 1. The van der Waals surface area contributed by atoms with Gasteiger partial charge in [-0.05, 0) is 17.5 Å². The highest BCUT2D eigenvalue weighted by Gasteiger charge is 2.65. The van der Waals surface area contributed by atoms with Gasteiger partial charge in [0.2, 0.25) is 5.91 Å². The number of carbonyl (C=O) groups excluding carboxylic acids is 1. The van der Waals surface area contributed by atoms with Gasteiger partial charge in [-0.15, -0.1) is 0 Å². The first-order valence-corrected chi connectivity index (χ1v) is 7.12. The summed E-state index contributed by atoms with van der Waals surface area (Å²) in [4.78, 5) is 27.6. The zero-order valence-corrected chi connectivity index (χ0v) is 11.9. The second-order valence-corrected chi connectivity index (χ2v) is 6.62.